The van der Waals surface area contributed by atoms with Crippen LogP contribution in [0.4, 0.5) is 0 Å². The lowest BCUT2D eigenvalue weighted by molar-refractivity contribution is -0.329. The first-order valence-electron chi connectivity index (χ1n) is 17.8. The number of fused-ring (bicyclic) bond motifs is 1. The van der Waals surface area contributed by atoms with Crippen molar-refractivity contribution in [1.82, 2.24) is 0 Å². The molecule has 54 heavy (non-hydrogen) atoms. The Morgan fingerprint density at radius 1 is 0.648 bits per heavy atom. The number of carbonyl (C=O) groups is 3. The Morgan fingerprint density at radius 2 is 1.19 bits per heavy atom. The van der Waals surface area contributed by atoms with Crippen LogP contribution in [0.25, 0.3) is 0 Å². The van der Waals surface area contributed by atoms with Gasteiger partial charge in [0, 0.05) is 39.2 Å². The third-order valence-electron chi connectivity index (χ3n) is 9.08. The van der Waals surface area contributed by atoms with Crippen LogP contribution in [0, 0.1) is 0 Å². The van der Waals surface area contributed by atoms with Gasteiger partial charge in [0.1, 0.15) is 36.0 Å². The van der Waals surface area contributed by atoms with Crippen molar-refractivity contribution in [2.45, 2.75) is 101 Å². The lowest BCUT2D eigenvalue weighted by Gasteiger charge is -2.49. The number of thioether (sulfide) groups is 1. The maximum atomic E-state index is 12.4. The number of rotatable bonds is 14. The van der Waals surface area contributed by atoms with Crippen LogP contribution in [0.1, 0.15) is 43.8 Å². The summed E-state index contributed by atoms with van der Waals surface area (Å²) < 4.78 is 61.7. The van der Waals surface area contributed by atoms with Gasteiger partial charge in [0.25, 0.3) is 0 Å². The van der Waals surface area contributed by atoms with E-state index in [-0.39, 0.29) is 25.6 Å². The van der Waals surface area contributed by atoms with E-state index in [0.29, 0.717) is 0 Å². The van der Waals surface area contributed by atoms with E-state index in [1.54, 1.807) is 0 Å². The quantitative estimate of drug-likeness (QED) is 0.162. The van der Waals surface area contributed by atoms with Crippen molar-refractivity contribution in [3.63, 3.8) is 0 Å². The van der Waals surface area contributed by atoms with Gasteiger partial charge in [-0.1, -0.05) is 91.0 Å². The highest BCUT2D eigenvalue weighted by molar-refractivity contribution is 7.99. The molecule has 0 spiro atoms. The van der Waals surface area contributed by atoms with Gasteiger partial charge >= 0.3 is 17.9 Å². The SMILES string of the molecule is CO[C@H]1OC(CS[C@@H]2OC3COC(c4ccccc4)O[C@H]3C(OCc3ccccc3)C2OCc2ccccc2)[C@@H](OC(C)=O)C(OC(C)=O)C1OC(C)=O. The van der Waals surface area contributed by atoms with Gasteiger partial charge < -0.3 is 47.4 Å². The molecule has 0 bridgehead atoms. The van der Waals surface area contributed by atoms with Crippen LogP contribution in [0.3, 0.4) is 0 Å². The summed E-state index contributed by atoms with van der Waals surface area (Å²) in [5, 5.41) is 0. The summed E-state index contributed by atoms with van der Waals surface area (Å²) in [7, 11) is 1.38. The van der Waals surface area contributed by atoms with E-state index in [4.69, 9.17) is 47.4 Å². The van der Waals surface area contributed by atoms with Crippen molar-refractivity contribution in [3.05, 3.63) is 108 Å². The molecule has 3 aromatic carbocycles. The van der Waals surface area contributed by atoms with E-state index in [0.717, 1.165) is 16.7 Å². The van der Waals surface area contributed by atoms with Crippen LogP contribution in [-0.2, 0) is 75.0 Å². The van der Waals surface area contributed by atoms with Crippen molar-refractivity contribution in [1.29, 1.82) is 0 Å². The lowest BCUT2D eigenvalue weighted by atomic mass is 9.98. The van der Waals surface area contributed by atoms with Gasteiger partial charge in [-0.2, -0.15) is 0 Å². The molecule has 0 N–H and O–H groups in total. The Morgan fingerprint density at radius 3 is 1.76 bits per heavy atom. The van der Waals surface area contributed by atoms with Crippen molar-refractivity contribution >= 4 is 29.7 Å². The second kappa shape index (κ2) is 19.1. The maximum absolute atomic E-state index is 12.4. The predicted molar refractivity (Wildman–Crippen MR) is 193 cm³/mol. The molecule has 0 radical (unpaired) electrons. The Labute approximate surface area is 318 Å². The molecule has 3 fully saturated rings. The second-order valence-electron chi connectivity index (χ2n) is 13.1. The third kappa shape index (κ3) is 10.3. The zero-order valence-corrected chi connectivity index (χ0v) is 31.4. The van der Waals surface area contributed by atoms with Gasteiger partial charge in [-0.05, 0) is 11.1 Å². The normalized spacial score (nSPS) is 30.8. The fraction of sp³-hybridized carbons (Fsp3) is 0.475. The maximum Gasteiger partial charge on any atom is 0.303 e. The minimum Gasteiger partial charge on any atom is -0.456 e. The molecular weight excluding hydrogens is 720 g/mol. The molecule has 14 heteroatoms. The van der Waals surface area contributed by atoms with Crippen LogP contribution < -0.4 is 0 Å². The minimum absolute atomic E-state index is 0.148. The van der Waals surface area contributed by atoms with Gasteiger partial charge in [0.2, 0.25) is 0 Å². The van der Waals surface area contributed by atoms with Crippen molar-refractivity contribution < 1.29 is 61.8 Å². The van der Waals surface area contributed by atoms with Gasteiger partial charge in [0.15, 0.2) is 30.9 Å². The van der Waals surface area contributed by atoms with Crippen LogP contribution in [-0.4, -0.2) is 97.9 Å². The highest BCUT2D eigenvalue weighted by atomic mass is 32.2. The summed E-state index contributed by atoms with van der Waals surface area (Å²) >= 11 is 1.35. The van der Waals surface area contributed by atoms with Crippen molar-refractivity contribution in [2.24, 2.45) is 0 Å². The van der Waals surface area contributed by atoms with E-state index < -0.39 is 84.8 Å². The Balaban J connectivity index is 1.30. The first-order valence-corrected chi connectivity index (χ1v) is 18.8. The van der Waals surface area contributed by atoms with E-state index >= 15 is 0 Å². The van der Waals surface area contributed by atoms with E-state index in [1.165, 1.54) is 39.6 Å². The van der Waals surface area contributed by atoms with Gasteiger partial charge in [-0.15, -0.1) is 11.8 Å². The molecule has 7 unspecified atom stereocenters. The van der Waals surface area contributed by atoms with Gasteiger partial charge in [-0.3, -0.25) is 14.4 Å². The van der Waals surface area contributed by atoms with Crippen LogP contribution >= 0.6 is 11.8 Å². The first-order chi connectivity index (χ1) is 26.2. The highest BCUT2D eigenvalue weighted by Gasteiger charge is 2.54. The van der Waals surface area contributed by atoms with E-state index in [1.807, 2.05) is 91.0 Å². The number of carbonyl (C=O) groups excluding carboxylic acids is 3. The third-order valence-corrected chi connectivity index (χ3v) is 10.3. The number of hydrogen-bond donors (Lipinski definition) is 0. The summed E-state index contributed by atoms with van der Waals surface area (Å²) in [4.78, 5) is 36.8. The average Bonchev–Trinajstić information content (AvgIpc) is 3.17. The molecule has 0 saturated carbocycles. The van der Waals surface area contributed by atoms with Crippen LogP contribution in [0.2, 0.25) is 0 Å². The molecule has 3 aromatic rings. The molecule has 6 rings (SSSR count). The van der Waals surface area contributed by atoms with Crippen molar-refractivity contribution in [2.75, 3.05) is 19.5 Å². The molecule has 11 atom stereocenters. The summed E-state index contributed by atoms with van der Waals surface area (Å²) in [6, 6.07) is 29.3. The van der Waals surface area contributed by atoms with Gasteiger partial charge in [0.05, 0.1) is 19.8 Å². The minimum atomic E-state index is -1.22. The molecule has 0 aromatic heterocycles. The molecule has 13 nitrogen and oxygen atoms in total. The fourth-order valence-corrected chi connectivity index (χ4v) is 8.02. The zero-order chi connectivity index (χ0) is 38.0. The molecule has 3 aliphatic rings. The Kier molecular flexibility index (Phi) is 14.1. The topological polar surface area (TPSA) is 144 Å². The smallest absolute Gasteiger partial charge is 0.303 e. The number of esters is 3. The molecule has 3 saturated heterocycles. The molecule has 3 heterocycles. The molecule has 290 valence electrons. The lowest BCUT2D eigenvalue weighted by Crippen LogP contribution is -2.63. The van der Waals surface area contributed by atoms with E-state index in [9.17, 15) is 14.4 Å². The molecule has 0 aliphatic carbocycles. The molecule has 3 aliphatic heterocycles. The average molecular weight is 767 g/mol. The largest absolute Gasteiger partial charge is 0.456 e. The fourth-order valence-electron chi connectivity index (χ4n) is 6.73. The monoisotopic (exact) mass is 766 g/mol. The standard InChI is InChI=1S/C40H46O13S/c1-24(41)48-33-31(51-39(44-4)36(50-26(3)43)35(33)49-25(2)42)23-54-40-37(46-21-28-16-10-6-11-17-28)34(45-20-27-14-8-5-9-15-27)32-30(52-40)22-47-38(53-32)29-18-12-7-13-19-29/h5-19,30-40H,20-23H2,1-4H3/t30?,31?,32-,33-,34?,35?,36?,37?,38?,39+,40+/m1/s1. The summed E-state index contributed by atoms with van der Waals surface area (Å²) in [5.74, 6) is -1.82. The predicted octanol–water partition coefficient (Wildman–Crippen LogP) is 4.90. The van der Waals surface area contributed by atoms with E-state index in [2.05, 4.69) is 0 Å². The van der Waals surface area contributed by atoms with Gasteiger partial charge in [-0.25, -0.2) is 0 Å². The number of methoxy groups -OCH3 is 1. The number of benzene rings is 3. The number of hydrogen-bond acceptors (Lipinski definition) is 14. The Bertz CT molecular complexity index is 1650. The van der Waals surface area contributed by atoms with Crippen molar-refractivity contribution in [3.8, 4) is 0 Å². The molecule has 0 amide bonds. The first kappa shape index (κ1) is 39.8. The number of ether oxygens (including phenoxy) is 10. The van der Waals surface area contributed by atoms with Crippen LogP contribution in [0.15, 0.2) is 91.0 Å². The summed E-state index contributed by atoms with van der Waals surface area (Å²) in [6.07, 6.45) is -8.69. The summed E-state index contributed by atoms with van der Waals surface area (Å²) in [5.41, 5.74) is 2.12. The second-order valence-corrected chi connectivity index (χ2v) is 14.2. The highest BCUT2D eigenvalue weighted by Crippen LogP contribution is 2.41. The Hall–Kier alpha value is -3.86. The zero-order valence-electron chi connectivity index (χ0n) is 30.6. The van der Waals surface area contributed by atoms with Crippen LogP contribution in [0.5, 0.6) is 0 Å². The molecular formula is C40H46O13S. The summed E-state index contributed by atoms with van der Waals surface area (Å²) in [6.45, 7) is 4.42.